The lowest BCUT2D eigenvalue weighted by Crippen LogP contribution is -2.48. The summed E-state index contributed by atoms with van der Waals surface area (Å²) in [5.41, 5.74) is 1.09. The van der Waals surface area contributed by atoms with Crippen LogP contribution in [0, 0.1) is 18.3 Å². The Hall–Kier alpha value is -2.82. The molecule has 1 aromatic rings. The van der Waals surface area contributed by atoms with Crippen LogP contribution in [0.1, 0.15) is 35.0 Å². The topological polar surface area (TPSA) is 107 Å². The average Bonchev–Trinajstić information content (AvgIpc) is 3.15. The quantitative estimate of drug-likeness (QED) is 0.834. The van der Waals surface area contributed by atoms with Crippen LogP contribution in [0.4, 0.5) is 10.6 Å². The third-order valence-corrected chi connectivity index (χ3v) is 4.57. The highest BCUT2D eigenvalue weighted by Crippen LogP contribution is 2.35. The first-order valence-electron chi connectivity index (χ1n) is 7.81. The Labute approximate surface area is 139 Å². The van der Waals surface area contributed by atoms with Crippen molar-refractivity contribution in [2.24, 2.45) is 0 Å². The number of hydrogen-bond acceptors (Lipinski definition) is 6. The zero-order valence-corrected chi connectivity index (χ0v) is 13.5. The first-order valence-corrected chi connectivity index (χ1v) is 7.81. The lowest BCUT2D eigenvalue weighted by molar-refractivity contribution is 0.0525. The molecule has 1 amide bonds. The molecule has 8 nitrogen and oxygen atoms in total. The molecule has 2 atom stereocenters. The molecule has 2 bridgehead atoms. The highest BCUT2D eigenvalue weighted by molar-refractivity contribution is 5.91. The van der Waals surface area contributed by atoms with Crippen LogP contribution >= 0.6 is 0 Å². The minimum atomic E-state index is -0.913. The van der Waals surface area contributed by atoms with Gasteiger partial charge in [-0.3, -0.25) is 0 Å². The van der Waals surface area contributed by atoms with Gasteiger partial charge in [0.1, 0.15) is 11.9 Å². The first kappa shape index (κ1) is 16.1. The lowest BCUT2D eigenvalue weighted by atomic mass is 10.1. The van der Waals surface area contributed by atoms with E-state index in [0.717, 1.165) is 6.42 Å². The Morgan fingerprint density at radius 3 is 2.75 bits per heavy atom. The zero-order valence-electron chi connectivity index (χ0n) is 13.5. The number of carbonyl (C=O) groups is 2. The van der Waals surface area contributed by atoms with E-state index in [1.54, 1.807) is 13.8 Å². The summed E-state index contributed by atoms with van der Waals surface area (Å²) in [4.78, 5) is 31.0. The molecule has 1 N–H and O–H groups in total. The van der Waals surface area contributed by atoms with Crippen molar-refractivity contribution in [1.29, 1.82) is 5.26 Å². The van der Waals surface area contributed by atoms with E-state index >= 15 is 0 Å². The van der Waals surface area contributed by atoms with Crippen LogP contribution in [-0.4, -0.2) is 58.8 Å². The van der Waals surface area contributed by atoms with Gasteiger partial charge in [-0.1, -0.05) is 0 Å². The van der Waals surface area contributed by atoms with Crippen molar-refractivity contribution in [1.82, 2.24) is 9.88 Å². The number of nitriles is 1. The van der Waals surface area contributed by atoms with Crippen LogP contribution in [0.3, 0.4) is 0 Å². The van der Waals surface area contributed by atoms with E-state index in [1.807, 2.05) is 4.90 Å². The van der Waals surface area contributed by atoms with E-state index in [2.05, 4.69) is 11.1 Å². The summed E-state index contributed by atoms with van der Waals surface area (Å²) in [6.07, 6.45) is -0.179. The molecule has 1 aromatic heterocycles. The molecular weight excluding hydrogens is 312 g/mol. The van der Waals surface area contributed by atoms with Gasteiger partial charge in [-0.05, 0) is 26.3 Å². The third-order valence-electron chi connectivity index (χ3n) is 4.57. The summed E-state index contributed by atoms with van der Waals surface area (Å²) < 4.78 is 4.99. The van der Waals surface area contributed by atoms with E-state index in [0.29, 0.717) is 30.2 Å². The molecule has 3 heterocycles. The van der Waals surface area contributed by atoms with Crippen LogP contribution in [0.25, 0.3) is 0 Å². The van der Waals surface area contributed by atoms with Crippen LogP contribution in [-0.2, 0) is 4.74 Å². The molecule has 2 fully saturated rings. The number of hydrogen-bond donors (Lipinski definition) is 1. The summed E-state index contributed by atoms with van der Waals surface area (Å²) in [6.45, 7) is 4.59. The van der Waals surface area contributed by atoms with Gasteiger partial charge in [0.05, 0.1) is 35.5 Å². The SMILES string of the molecule is CCOC(=O)c1cc(C#N)c(N2CC3CC2CN3C(=O)O)nc1C. The molecule has 3 rings (SSSR count). The number of carboxylic acid groups (broad SMARTS) is 1. The summed E-state index contributed by atoms with van der Waals surface area (Å²) in [5.74, 6) is 0.0196. The second-order valence-corrected chi connectivity index (χ2v) is 5.96. The van der Waals surface area contributed by atoms with Crippen molar-refractivity contribution in [3.05, 3.63) is 22.9 Å². The number of fused-ring (bicyclic) bond motifs is 2. The van der Waals surface area contributed by atoms with E-state index in [4.69, 9.17) is 4.74 Å². The summed E-state index contributed by atoms with van der Waals surface area (Å²) in [5, 5.41) is 18.6. The number of esters is 1. The second-order valence-electron chi connectivity index (χ2n) is 5.96. The van der Waals surface area contributed by atoms with Gasteiger partial charge in [0.2, 0.25) is 0 Å². The Morgan fingerprint density at radius 2 is 2.21 bits per heavy atom. The van der Waals surface area contributed by atoms with Crippen LogP contribution in [0.15, 0.2) is 6.07 Å². The molecule has 2 unspecified atom stereocenters. The maximum absolute atomic E-state index is 12.0. The molecule has 0 aliphatic carbocycles. The predicted molar refractivity (Wildman–Crippen MR) is 83.9 cm³/mol. The fourth-order valence-electron chi connectivity index (χ4n) is 3.47. The number of likely N-dealkylation sites (tertiary alicyclic amines) is 1. The van der Waals surface area contributed by atoms with Crippen molar-refractivity contribution in [3.8, 4) is 6.07 Å². The van der Waals surface area contributed by atoms with E-state index < -0.39 is 12.1 Å². The number of nitrogens with zero attached hydrogens (tertiary/aromatic N) is 4. The smallest absolute Gasteiger partial charge is 0.407 e. The molecule has 2 aliphatic rings. The largest absolute Gasteiger partial charge is 0.465 e. The van der Waals surface area contributed by atoms with Gasteiger partial charge in [-0.15, -0.1) is 0 Å². The number of carbonyl (C=O) groups excluding carboxylic acids is 1. The number of aryl methyl sites for hydroxylation is 1. The van der Waals surface area contributed by atoms with Gasteiger partial charge in [0.15, 0.2) is 0 Å². The van der Waals surface area contributed by atoms with Crippen LogP contribution in [0.5, 0.6) is 0 Å². The average molecular weight is 330 g/mol. The molecule has 0 aromatic carbocycles. The van der Waals surface area contributed by atoms with Crippen molar-refractivity contribution in [3.63, 3.8) is 0 Å². The van der Waals surface area contributed by atoms with Crippen molar-refractivity contribution in [2.45, 2.75) is 32.4 Å². The van der Waals surface area contributed by atoms with Crippen LogP contribution < -0.4 is 4.90 Å². The molecule has 24 heavy (non-hydrogen) atoms. The fraction of sp³-hybridized carbons (Fsp3) is 0.500. The molecule has 2 saturated heterocycles. The Bertz CT molecular complexity index is 742. The van der Waals surface area contributed by atoms with Gasteiger partial charge in [-0.25, -0.2) is 14.6 Å². The fourth-order valence-corrected chi connectivity index (χ4v) is 3.47. The minimum Gasteiger partial charge on any atom is -0.465 e. The van der Waals surface area contributed by atoms with Gasteiger partial charge in [0, 0.05) is 13.1 Å². The number of pyridine rings is 1. The third kappa shape index (κ3) is 2.52. The molecular formula is C16H18N4O4. The molecule has 126 valence electrons. The number of amides is 1. The minimum absolute atomic E-state index is 0.0125. The number of ether oxygens (including phenoxy) is 1. The summed E-state index contributed by atoms with van der Waals surface area (Å²) in [6, 6.07) is 3.53. The maximum atomic E-state index is 12.0. The number of piperazine rings is 1. The van der Waals surface area contributed by atoms with Gasteiger partial charge >= 0.3 is 12.1 Å². The molecule has 0 radical (unpaired) electrons. The predicted octanol–water partition coefficient (Wildman–Crippen LogP) is 1.38. The highest BCUT2D eigenvalue weighted by Gasteiger charge is 2.46. The Morgan fingerprint density at radius 1 is 1.46 bits per heavy atom. The monoisotopic (exact) mass is 330 g/mol. The molecule has 0 spiro atoms. The second kappa shape index (κ2) is 6.00. The molecule has 8 heteroatoms. The van der Waals surface area contributed by atoms with Gasteiger partial charge < -0.3 is 19.6 Å². The number of rotatable bonds is 3. The Balaban J connectivity index is 1.91. The number of aromatic nitrogens is 1. The standard InChI is InChI=1S/C16H18N4O4/c1-3-24-15(21)13-4-10(6-17)14(18-9(13)2)19-7-12-5-11(19)8-20(12)16(22)23/h4,11-12H,3,5,7-8H2,1-2H3,(H,22,23). The van der Waals surface area contributed by atoms with Crippen molar-refractivity contribution in [2.75, 3.05) is 24.6 Å². The Kier molecular flexibility index (Phi) is 4.01. The lowest BCUT2D eigenvalue weighted by Gasteiger charge is -2.34. The summed E-state index contributed by atoms with van der Waals surface area (Å²) in [7, 11) is 0. The molecule has 0 saturated carbocycles. The van der Waals surface area contributed by atoms with E-state index in [1.165, 1.54) is 11.0 Å². The maximum Gasteiger partial charge on any atom is 0.407 e. The highest BCUT2D eigenvalue weighted by atomic mass is 16.5. The number of anilines is 1. The van der Waals surface area contributed by atoms with Gasteiger partial charge in [-0.2, -0.15) is 5.26 Å². The van der Waals surface area contributed by atoms with Crippen molar-refractivity contribution < 1.29 is 19.4 Å². The van der Waals surface area contributed by atoms with Gasteiger partial charge in [0.25, 0.3) is 0 Å². The molecule has 2 aliphatic heterocycles. The first-order chi connectivity index (χ1) is 11.5. The normalized spacial score (nSPS) is 21.7. The summed E-state index contributed by atoms with van der Waals surface area (Å²) >= 11 is 0. The zero-order chi connectivity index (χ0) is 17.4. The van der Waals surface area contributed by atoms with E-state index in [-0.39, 0.29) is 24.3 Å². The van der Waals surface area contributed by atoms with E-state index in [9.17, 15) is 20.0 Å². The van der Waals surface area contributed by atoms with Crippen LogP contribution in [0.2, 0.25) is 0 Å². The van der Waals surface area contributed by atoms with Crippen molar-refractivity contribution >= 4 is 17.9 Å².